The molecule has 2 heterocycles. The Balaban J connectivity index is 1.32. The van der Waals surface area contributed by atoms with Crippen molar-refractivity contribution in [2.24, 2.45) is 0 Å². The van der Waals surface area contributed by atoms with E-state index in [1.165, 1.54) is 50.6 Å². The van der Waals surface area contributed by atoms with Crippen LogP contribution in [0.1, 0.15) is 41.5 Å². The molecule has 0 bridgehead atoms. The van der Waals surface area contributed by atoms with Crippen molar-refractivity contribution in [3.05, 3.63) is 137 Å². The normalized spacial score (nSPS) is 15.7. The van der Waals surface area contributed by atoms with Crippen molar-refractivity contribution in [2.45, 2.75) is 55.4 Å². The van der Waals surface area contributed by atoms with Gasteiger partial charge in [-0.3, -0.25) is 0 Å². The second-order valence-corrected chi connectivity index (χ2v) is 15.8. The average Bonchev–Trinajstić information content (AvgIpc) is 3.23. The fourth-order valence-electron chi connectivity index (χ4n) is 7.21. The molecule has 6 rings (SSSR count). The summed E-state index contributed by atoms with van der Waals surface area (Å²) in [7, 11) is -0.636. The molecule has 0 aliphatic carbocycles. The van der Waals surface area contributed by atoms with Crippen LogP contribution in [0.3, 0.4) is 0 Å². The van der Waals surface area contributed by atoms with E-state index in [1.54, 1.807) is 47.4 Å². The predicted molar refractivity (Wildman–Crippen MR) is 210 cm³/mol. The number of amides is 1. The Morgan fingerprint density at radius 3 is 2.31 bits per heavy atom. The molecular formula is C42H42F5N5O6S. The fourth-order valence-corrected chi connectivity index (χ4v) is 8.71. The van der Waals surface area contributed by atoms with Gasteiger partial charge in [0.2, 0.25) is 0 Å². The summed E-state index contributed by atoms with van der Waals surface area (Å²) in [5, 5.41) is 0. The highest BCUT2D eigenvalue weighted by atomic mass is 32.2. The lowest BCUT2D eigenvalue weighted by atomic mass is 9.82. The molecule has 1 aromatic heterocycles. The van der Waals surface area contributed by atoms with Gasteiger partial charge in [-0.05, 0) is 67.1 Å². The molecular weight excluding hydrogens is 798 g/mol. The maximum Gasteiger partial charge on any atom is 0.416 e. The Labute approximate surface area is 339 Å². The molecule has 1 saturated heterocycles. The summed E-state index contributed by atoms with van der Waals surface area (Å²) in [4.78, 5) is 23.3. The van der Waals surface area contributed by atoms with Gasteiger partial charge in [0.25, 0.3) is 10.0 Å². The number of methoxy groups -OCH3 is 2. The van der Waals surface area contributed by atoms with E-state index in [9.17, 15) is 26.4 Å². The van der Waals surface area contributed by atoms with Gasteiger partial charge >= 0.3 is 12.3 Å². The molecule has 0 N–H and O–H groups in total. The number of nitrogens with zero attached hydrogens (tertiary/aromatic N) is 5. The van der Waals surface area contributed by atoms with Crippen LogP contribution in [0, 0.1) is 11.6 Å². The van der Waals surface area contributed by atoms with Gasteiger partial charge in [0.15, 0.2) is 4.90 Å². The summed E-state index contributed by atoms with van der Waals surface area (Å²) in [6.07, 6.45) is -1.77. The average molecular weight is 840 g/mol. The van der Waals surface area contributed by atoms with E-state index in [4.69, 9.17) is 14.2 Å². The SMILES string of the molecule is COc1ccc(CN(c2ccncn2)S(=O)(=O)c2c(F)cc(N3CCCC(CCc4cccc(C(F)(F)F)c4)(N(C)C(=O)OCc4ccccc4)C3)cc2F)c(OC)c1. The van der Waals surface area contributed by atoms with Crippen molar-refractivity contribution in [3.8, 4) is 11.5 Å². The number of rotatable bonds is 14. The number of piperidine rings is 1. The van der Waals surface area contributed by atoms with Crippen LogP contribution in [0.25, 0.3) is 0 Å². The Hall–Kier alpha value is -5.97. The van der Waals surface area contributed by atoms with Gasteiger partial charge in [-0.2, -0.15) is 13.2 Å². The van der Waals surface area contributed by atoms with Crippen LogP contribution in [0.5, 0.6) is 11.5 Å². The number of alkyl halides is 3. The van der Waals surface area contributed by atoms with Crippen molar-refractivity contribution in [2.75, 3.05) is 43.6 Å². The number of benzene rings is 4. The molecule has 312 valence electrons. The third-order valence-corrected chi connectivity index (χ3v) is 12.2. The van der Waals surface area contributed by atoms with Crippen LogP contribution < -0.4 is 18.7 Å². The van der Waals surface area contributed by atoms with Crippen LogP contribution in [0.2, 0.25) is 0 Å². The highest BCUT2D eigenvalue weighted by Crippen LogP contribution is 2.38. The van der Waals surface area contributed by atoms with Crippen molar-refractivity contribution >= 4 is 27.6 Å². The van der Waals surface area contributed by atoms with Crippen molar-refractivity contribution in [1.82, 2.24) is 14.9 Å². The third kappa shape index (κ3) is 9.67. The van der Waals surface area contributed by atoms with Crippen molar-refractivity contribution in [3.63, 3.8) is 0 Å². The van der Waals surface area contributed by atoms with Gasteiger partial charge in [-0.1, -0.05) is 48.5 Å². The lowest BCUT2D eigenvalue weighted by molar-refractivity contribution is -0.137. The summed E-state index contributed by atoms with van der Waals surface area (Å²) in [6.45, 7) is -0.201. The first-order chi connectivity index (χ1) is 28.1. The number of hydrogen-bond acceptors (Lipinski definition) is 9. The number of carbonyl (C=O) groups excluding carboxylic acids is 1. The lowest BCUT2D eigenvalue weighted by Gasteiger charge is -2.48. The van der Waals surface area contributed by atoms with E-state index in [0.29, 0.717) is 29.7 Å². The van der Waals surface area contributed by atoms with E-state index in [2.05, 4.69) is 9.97 Å². The number of ether oxygens (including phenoxy) is 3. The van der Waals surface area contributed by atoms with Gasteiger partial charge in [0.1, 0.15) is 41.9 Å². The molecule has 5 aromatic rings. The molecule has 1 amide bonds. The number of halogens is 5. The number of carbonyl (C=O) groups is 1. The van der Waals surface area contributed by atoms with Crippen molar-refractivity contribution in [1.29, 1.82) is 0 Å². The highest BCUT2D eigenvalue weighted by Gasteiger charge is 2.43. The smallest absolute Gasteiger partial charge is 0.416 e. The molecule has 1 aliphatic rings. The van der Waals surface area contributed by atoms with Gasteiger partial charge < -0.3 is 24.0 Å². The van der Waals surface area contributed by atoms with Gasteiger partial charge in [0, 0.05) is 49.7 Å². The van der Waals surface area contributed by atoms with E-state index in [0.717, 1.165) is 40.5 Å². The largest absolute Gasteiger partial charge is 0.497 e. The molecule has 0 saturated carbocycles. The zero-order valence-electron chi connectivity index (χ0n) is 32.5. The maximum absolute atomic E-state index is 16.3. The van der Waals surface area contributed by atoms with Crippen LogP contribution in [-0.4, -0.2) is 69.3 Å². The minimum atomic E-state index is -4.99. The molecule has 1 fully saturated rings. The Bertz CT molecular complexity index is 2330. The van der Waals surface area contributed by atoms with Crippen LogP contribution >= 0.6 is 0 Å². The van der Waals surface area contributed by atoms with Gasteiger partial charge in [-0.15, -0.1) is 0 Å². The van der Waals surface area contributed by atoms with Gasteiger partial charge in [-0.25, -0.2) is 36.3 Å². The Morgan fingerprint density at radius 1 is 0.915 bits per heavy atom. The molecule has 4 aromatic carbocycles. The zero-order valence-corrected chi connectivity index (χ0v) is 33.3. The van der Waals surface area contributed by atoms with Gasteiger partial charge in [0.05, 0.1) is 31.9 Å². The second-order valence-electron chi connectivity index (χ2n) is 14.0. The summed E-state index contributed by atoms with van der Waals surface area (Å²) in [5.41, 5.74) is -0.436. The first kappa shape index (κ1) is 42.6. The quantitative estimate of drug-likeness (QED) is 0.102. The molecule has 11 nitrogen and oxygen atoms in total. The first-order valence-electron chi connectivity index (χ1n) is 18.5. The molecule has 17 heteroatoms. The zero-order chi connectivity index (χ0) is 42.4. The Morgan fingerprint density at radius 2 is 1.64 bits per heavy atom. The summed E-state index contributed by atoms with van der Waals surface area (Å²) < 4.78 is 119. The maximum atomic E-state index is 16.3. The third-order valence-electron chi connectivity index (χ3n) is 10.4. The topological polar surface area (TPSA) is 114 Å². The number of aromatic nitrogens is 2. The van der Waals surface area contributed by atoms with E-state index in [-0.39, 0.29) is 49.8 Å². The second kappa shape index (κ2) is 17.9. The standard InChI is InChI=1S/C42H42F5N5O6S/c1-50(40(53)58-26-30-9-5-4-6-10-30)41(18-15-29-11-7-12-32(21-29)42(45,46)47)17-8-20-51(27-41)33-22-35(43)39(36(44)23-33)59(54,55)52(38-16-19-48-28-49-38)25-31-13-14-34(56-2)24-37(31)57-3/h4-7,9-14,16,19,21-24,28H,8,15,17-18,20,25-27H2,1-3H3. The molecule has 0 spiro atoms. The van der Waals surface area contributed by atoms with Crippen molar-refractivity contribution < 1.29 is 49.4 Å². The minimum absolute atomic E-state index is 0.00134. The summed E-state index contributed by atoms with van der Waals surface area (Å²) in [6, 6.07) is 21.7. The van der Waals surface area contributed by atoms with Crippen LogP contribution in [0.4, 0.5) is 38.3 Å². The molecule has 1 aliphatic heterocycles. The summed E-state index contributed by atoms with van der Waals surface area (Å²) in [5.74, 6) is -2.23. The molecule has 0 radical (unpaired) electrons. The number of sulfonamides is 1. The predicted octanol–water partition coefficient (Wildman–Crippen LogP) is 8.43. The number of anilines is 2. The lowest BCUT2D eigenvalue weighted by Crippen LogP contribution is -2.59. The highest BCUT2D eigenvalue weighted by molar-refractivity contribution is 7.92. The van der Waals surface area contributed by atoms with Crippen LogP contribution in [0.15, 0.2) is 108 Å². The van der Waals surface area contributed by atoms with E-state index >= 15 is 8.78 Å². The monoisotopic (exact) mass is 839 g/mol. The van der Waals surface area contributed by atoms with E-state index in [1.807, 2.05) is 6.07 Å². The first-order valence-corrected chi connectivity index (χ1v) is 19.9. The van der Waals surface area contributed by atoms with E-state index < -0.39 is 56.5 Å². The molecule has 59 heavy (non-hydrogen) atoms. The van der Waals surface area contributed by atoms with Crippen LogP contribution in [-0.2, 0) is 40.5 Å². The number of aryl methyl sites for hydroxylation is 1. The number of hydrogen-bond donors (Lipinski definition) is 0. The Kier molecular flexibility index (Phi) is 12.9. The summed E-state index contributed by atoms with van der Waals surface area (Å²) >= 11 is 0. The number of likely N-dealkylation sites (N-methyl/N-ethyl adjacent to an activating group) is 1. The fraction of sp³-hybridized carbons (Fsp3) is 0.310. The molecule has 1 atom stereocenters. The minimum Gasteiger partial charge on any atom is -0.497 e. The molecule has 1 unspecified atom stereocenters.